The van der Waals surface area contributed by atoms with E-state index in [9.17, 15) is 0 Å². The molecule has 0 saturated heterocycles. The molecule has 0 bridgehead atoms. The van der Waals surface area contributed by atoms with Gasteiger partial charge in [-0.3, -0.25) is 0 Å². The Hall–Kier alpha value is -1.20. The summed E-state index contributed by atoms with van der Waals surface area (Å²) in [6.07, 6.45) is 8.15. The molecule has 3 rings (SSSR count). The summed E-state index contributed by atoms with van der Waals surface area (Å²) in [5.41, 5.74) is 1.59. The van der Waals surface area contributed by atoms with E-state index in [0.29, 0.717) is 16.6 Å². The monoisotopic (exact) mass is 274 g/mol. The number of hydrogen-bond donors (Lipinski definition) is 1. The maximum Gasteiger partial charge on any atom is 0.101 e. The van der Waals surface area contributed by atoms with E-state index in [4.69, 9.17) is 16.9 Å². The van der Waals surface area contributed by atoms with Crippen molar-refractivity contribution in [3.05, 3.63) is 28.8 Å². The van der Waals surface area contributed by atoms with E-state index in [-0.39, 0.29) is 0 Å². The fourth-order valence-electron chi connectivity index (χ4n) is 3.29. The minimum atomic E-state index is 0.535. The van der Waals surface area contributed by atoms with Crippen LogP contribution in [0, 0.1) is 23.2 Å². The zero-order valence-electron chi connectivity index (χ0n) is 11.0. The predicted molar refractivity (Wildman–Crippen MR) is 78.3 cm³/mol. The van der Waals surface area contributed by atoms with Gasteiger partial charge in [0.05, 0.1) is 10.6 Å². The zero-order valence-corrected chi connectivity index (χ0v) is 11.8. The lowest BCUT2D eigenvalue weighted by atomic mass is 9.82. The summed E-state index contributed by atoms with van der Waals surface area (Å²) in [4.78, 5) is 0. The van der Waals surface area contributed by atoms with E-state index >= 15 is 0 Å². The smallest absolute Gasteiger partial charge is 0.101 e. The topological polar surface area (TPSA) is 35.8 Å². The van der Waals surface area contributed by atoms with Crippen molar-refractivity contribution in [3.63, 3.8) is 0 Å². The molecular formula is C16H19ClN2. The molecule has 2 saturated carbocycles. The number of hydrogen-bond acceptors (Lipinski definition) is 2. The fourth-order valence-corrected chi connectivity index (χ4v) is 3.45. The maximum atomic E-state index is 9.01. The minimum Gasteiger partial charge on any atom is -0.382 e. The van der Waals surface area contributed by atoms with Gasteiger partial charge in [-0.15, -0.1) is 0 Å². The van der Waals surface area contributed by atoms with Crippen molar-refractivity contribution < 1.29 is 0 Å². The molecule has 0 aliphatic heterocycles. The number of nitriles is 1. The maximum absolute atomic E-state index is 9.01. The molecule has 1 aromatic carbocycles. The molecular weight excluding hydrogens is 256 g/mol. The molecule has 0 aromatic heterocycles. The van der Waals surface area contributed by atoms with Crippen LogP contribution in [0.4, 0.5) is 5.69 Å². The number of nitrogens with zero attached hydrogens (tertiary/aromatic N) is 1. The van der Waals surface area contributed by atoms with Gasteiger partial charge in [-0.1, -0.05) is 24.4 Å². The molecule has 100 valence electrons. The SMILES string of the molecule is N#Cc1cc(NC2CCCC(C3CC3)C2)ccc1Cl. The van der Waals surface area contributed by atoms with E-state index in [1.54, 1.807) is 0 Å². The quantitative estimate of drug-likeness (QED) is 0.875. The Morgan fingerprint density at radius 2 is 2.00 bits per heavy atom. The van der Waals surface area contributed by atoms with E-state index in [2.05, 4.69) is 11.4 Å². The van der Waals surface area contributed by atoms with Crippen molar-refractivity contribution in [2.45, 2.75) is 44.6 Å². The Bertz CT molecular complexity index is 502. The van der Waals surface area contributed by atoms with Crippen molar-refractivity contribution in [2.24, 2.45) is 11.8 Å². The molecule has 0 amide bonds. The summed E-state index contributed by atoms with van der Waals surface area (Å²) in [5.74, 6) is 1.93. The largest absolute Gasteiger partial charge is 0.382 e. The van der Waals surface area contributed by atoms with Crippen molar-refractivity contribution in [1.29, 1.82) is 5.26 Å². The number of halogens is 1. The summed E-state index contributed by atoms with van der Waals surface area (Å²) in [6, 6.07) is 8.35. The highest BCUT2D eigenvalue weighted by molar-refractivity contribution is 6.31. The highest BCUT2D eigenvalue weighted by Gasteiger charge is 2.34. The minimum absolute atomic E-state index is 0.535. The zero-order chi connectivity index (χ0) is 13.2. The van der Waals surface area contributed by atoms with Crippen molar-refractivity contribution >= 4 is 17.3 Å². The van der Waals surface area contributed by atoms with Crippen LogP contribution in [0.25, 0.3) is 0 Å². The van der Waals surface area contributed by atoms with Crippen LogP contribution >= 0.6 is 11.6 Å². The predicted octanol–water partition coefficient (Wildman–Crippen LogP) is 4.59. The highest BCUT2D eigenvalue weighted by Crippen LogP contribution is 2.44. The van der Waals surface area contributed by atoms with Gasteiger partial charge in [0, 0.05) is 11.7 Å². The van der Waals surface area contributed by atoms with Gasteiger partial charge in [0.25, 0.3) is 0 Å². The van der Waals surface area contributed by atoms with Crippen LogP contribution < -0.4 is 5.32 Å². The van der Waals surface area contributed by atoms with E-state index in [0.717, 1.165) is 17.5 Å². The van der Waals surface area contributed by atoms with Crippen LogP contribution in [0.2, 0.25) is 5.02 Å². The first-order valence-electron chi connectivity index (χ1n) is 7.22. The van der Waals surface area contributed by atoms with Crippen molar-refractivity contribution in [3.8, 4) is 6.07 Å². The summed E-state index contributed by atoms with van der Waals surface area (Å²) in [5, 5.41) is 13.1. The highest BCUT2D eigenvalue weighted by atomic mass is 35.5. The van der Waals surface area contributed by atoms with Crippen LogP contribution in [-0.4, -0.2) is 6.04 Å². The molecule has 3 heteroatoms. The molecule has 0 heterocycles. The van der Waals surface area contributed by atoms with E-state index in [1.807, 2.05) is 18.2 Å². The molecule has 2 aliphatic rings. The molecule has 1 aromatic rings. The molecule has 2 unspecified atom stereocenters. The Morgan fingerprint density at radius 3 is 2.74 bits per heavy atom. The summed E-state index contributed by atoms with van der Waals surface area (Å²) < 4.78 is 0. The Balaban J connectivity index is 1.65. The summed E-state index contributed by atoms with van der Waals surface area (Å²) >= 11 is 5.96. The number of rotatable bonds is 3. The Kier molecular flexibility index (Phi) is 3.66. The Morgan fingerprint density at radius 1 is 1.16 bits per heavy atom. The van der Waals surface area contributed by atoms with E-state index < -0.39 is 0 Å². The number of anilines is 1. The molecule has 2 nitrogen and oxygen atoms in total. The molecule has 2 atom stereocenters. The molecule has 0 spiro atoms. The van der Waals surface area contributed by atoms with Crippen LogP contribution in [0.15, 0.2) is 18.2 Å². The van der Waals surface area contributed by atoms with Gasteiger partial charge in [-0.2, -0.15) is 5.26 Å². The van der Waals surface area contributed by atoms with Gasteiger partial charge in [0.1, 0.15) is 6.07 Å². The first-order chi connectivity index (χ1) is 9.26. The van der Waals surface area contributed by atoms with Gasteiger partial charge >= 0.3 is 0 Å². The standard InChI is InChI=1S/C16H19ClN2/c17-16-7-6-15(9-13(16)10-18)19-14-3-1-2-12(8-14)11-4-5-11/h6-7,9,11-12,14,19H,1-5,8H2. The van der Waals surface area contributed by atoms with Crippen LogP contribution in [-0.2, 0) is 0 Å². The van der Waals surface area contributed by atoms with Crippen LogP contribution in [0.1, 0.15) is 44.1 Å². The van der Waals surface area contributed by atoms with Crippen molar-refractivity contribution in [2.75, 3.05) is 5.32 Å². The second-order valence-electron chi connectivity index (χ2n) is 5.91. The number of nitrogens with one attached hydrogen (secondary N) is 1. The van der Waals surface area contributed by atoms with Crippen LogP contribution in [0.3, 0.4) is 0 Å². The second-order valence-corrected chi connectivity index (χ2v) is 6.32. The first-order valence-corrected chi connectivity index (χ1v) is 7.60. The third-order valence-corrected chi connectivity index (χ3v) is 4.79. The van der Waals surface area contributed by atoms with Gasteiger partial charge in [-0.25, -0.2) is 0 Å². The summed E-state index contributed by atoms with van der Waals surface area (Å²) in [7, 11) is 0. The van der Waals surface area contributed by atoms with Gasteiger partial charge < -0.3 is 5.32 Å². The average Bonchev–Trinajstić information content (AvgIpc) is 3.26. The first kappa shape index (κ1) is 12.8. The normalized spacial score (nSPS) is 26.7. The third kappa shape index (κ3) is 3.04. The molecule has 0 radical (unpaired) electrons. The molecule has 19 heavy (non-hydrogen) atoms. The van der Waals surface area contributed by atoms with Crippen LogP contribution in [0.5, 0.6) is 0 Å². The molecule has 2 fully saturated rings. The van der Waals surface area contributed by atoms with Gasteiger partial charge in [0.15, 0.2) is 0 Å². The molecule has 2 aliphatic carbocycles. The molecule has 1 N–H and O–H groups in total. The lowest BCUT2D eigenvalue weighted by Gasteiger charge is -2.30. The van der Waals surface area contributed by atoms with Crippen molar-refractivity contribution in [1.82, 2.24) is 0 Å². The van der Waals surface area contributed by atoms with Gasteiger partial charge in [0.2, 0.25) is 0 Å². The third-order valence-electron chi connectivity index (χ3n) is 4.46. The second kappa shape index (κ2) is 5.43. The lowest BCUT2D eigenvalue weighted by Crippen LogP contribution is -2.28. The summed E-state index contributed by atoms with van der Waals surface area (Å²) in [6.45, 7) is 0. The Labute approximate surface area is 119 Å². The fraction of sp³-hybridized carbons (Fsp3) is 0.562. The van der Waals surface area contributed by atoms with E-state index in [1.165, 1.54) is 38.5 Å². The average molecular weight is 275 g/mol. The van der Waals surface area contributed by atoms with Gasteiger partial charge in [-0.05, 0) is 55.7 Å². The lowest BCUT2D eigenvalue weighted by molar-refractivity contribution is 0.303. The number of benzene rings is 1.